The number of cyclic esters (lactones) is 1. The molecule has 1 aliphatic heterocycles. The fraction of sp³-hybridized carbons (Fsp3) is 0.125. The van der Waals surface area contributed by atoms with Gasteiger partial charge in [-0.1, -0.05) is 12.1 Å². The Morgan fingerprint density at radius 3 is 2.74 bits per heavy atom. The number of rotatable bonds is 4. The van der Waals surface area contributed by atoms with Gasteiger partial charge in [0.2, 0.25) is 5.90 Å². The van der Waals surface area contributed by atoms with Crippen LogP contribution in [0.2, 0.25) is 0 Å². The predicted octanol–water partition coefficient (Wildman–Crippen LogP) is 4.00. The molecule has 0 aliphatic carbocycles. The highest BCUT2D eigenvalue weighted by Crippen LogP contribution is 2.27. The Morgan fingerprint density at radius 1 is 1.26 bits per heavy atom. The molecule has 2 aromatic rings. The molecule has 4 nitrogen and oxygen atoms in total. The summed E-state index contributed by atoms with van der Waals surface area (Å²) in [5, 5.41) is 0. The minimum Gasteiger partial charge on any atom is -0.434 e. The lowest BCUT2D eigenvalue weighted by molar-refractivity contribution is -0.129. The van der Waals surface area contributed by atoms with Gasteiger partial charge >= 0.3 is 12.6 Å². The first kappa shape index (κ1) is 15.4. The van der Waals surface area contributed by atoms with Crippen LogP contribution >= 0.6 is 11.3 Å². The lowest BCUT2D eigenvalue weighted by Gasteiger charge is -2.08. The zero-order valence-electron chi connectivity index (χ0n) is 12.0. The van der Waals surface area contributed by atoms with Crippen LogP contribution in [0.4, 0.5) is 8.78 Å². The number of alkyl halides is 2. The van der Waals surface area contributed by atoms with E-state index in [0.29, 0.717) is 0 Å². The van der Waals surface area contributed by atoms with E-state index in [1.165, 1.54) is 23.5 Å². The van der Waals surface area contributed by atoms with E-state index in [-0.39, 0.29) is 22.9 Å². The van der Waals surface area contributed by atoms with Crippen LogP contribution in [0.1, 0.15) is 15.3 Å². The third kappa shape index (κ3) is 3.45. The molecule has 2 heterocycles. The average Bonchev–Trinajstić information content (AvgIpc) is 3.06. The first-order valence-electron chi connectivity index (χ1n) is 6.66. The highest BCUT2D eigenvalue weighted by Gasteiger charge is 2.27. The number of carbonyl (C=O) groups is 1. The summed E-state index contributed by atoms with van der Waals surface area (Å²) in [6, 6.07) is 9.82. The quantitative estimate of drug-likeness (QED) is 0.627. The molecule has 7 heteroatoms. The fourth-order valence-corrected chi connectivity index (χ4v) is 2.85. The van der Waals surface area contributed by atoms with Crippen molar-refractivity contribution in [1.29, 1.82) is 0 Å². The number of para-hydroxylation sites is 1. The van der Waals surface area contributed by atoms with Crippen LogP contribution < -0.4 is 4.74 Å². The van der Waals surface area contributed by atoms with Crippen molar-refractivity contribution in [3.8, 4) is 5.75 Å². The number of thiophene rings is 1. The summed E-state index contributed by atoms with van der Waals surface area (Å²) in [5.74, 6) is -0.772. The van der Waals surface area contributed by atoms with Crippen LogP contribution in [0, 0.1) is 6.92 Å². The van der Waals surface area contributed by atoms with Gasteiger partial charge in [-0.3, -0.25) is 0 Å². The van der Waals surface area contributed by atoms with Crippen molar-refractivity contribution in [2.45, 2.75) is 13.5 Å². The van der Waals surface area contributed by atoms with Gasteiger partial charge in [-0.15, -0.1) is 11.3 Å². The second-order valence-corrected chi connectivity index (χ2v) is 5.98. The van der Waals surface area contributed by atoms with Crippen molar-refractivity contribution < 1.29 is 23.0 Å². The summed E-state index contributed by atoms with van der Waals surface area (Å²) >= 11 is 1.51. The van der Waals surface area contributed by atoms with Crippen molar-refractivity contribution in [1.82, 2.24) is 0 Å². The number of hydrogen-bond acceptors (Lipinski definition) is 5. The predicted molar refractivity (Wildman–Crippen MR) is 82.7 cm³/mol. The van der Waals surface area contributed by atoms with Gasteiger partial charge in [-0.2, -0.15) is 8.78 Å². The van der Waals surface area contributed by atoms with E-state index in [4.69, 9.17) is 4.74 Å². The fourth-order valence-electron chi connectivity index (χ4n) is 2.03. The molecule has 3 rings (SSSR count). The molecule has 0 saturated heterocycles. The Morgan fingerprint density at radius 2 is 2.04 bits per heavy atom. The third-order valence-corrected chi connectivity index (χ3v) is 3.94. The largest absolute Gasteiger partial charge is 0.434 e. The summed E-state index contributed by atoms with van der Waals surface area (Å²) in [5.41, 5.74) is 0.320. The van der Waals surface area contributed by atoms with E-state index >= 15 is 0 Å². The first-order valence-corrected chi connectivity index (χ1v) is 7.48. The van der Waals surface area contributed by atoms with Crippen LogP contribution in [-0.2, 0) is 9.53 Å². The second kappa shape index (κ2) is 6.29. The van der Waals surface area contributed by atoms with Crippen LogP contribution in [-0.4, -0.2) is 18.5 Å². The molecule has 0 fully saturated rings. The minimum atomic E-state index is -2.97. The molecule has 0 spiro atoms. The Kier molecular flexibility index (Phi) is 4.20. The number of halogens is 2. The maximum atomic E-state index is 12.5. The Balaban J connectivity index is 1.94. The van der Waals surface area contributed by atoms with Crippen LogP contribution in [0.5, 0.6) is 5.75 Å². The number of ether oxygens (including phenoxy) is 2. The molecule has 0 amide bonds. The molecular formula is C16H11F2NO3S. The number of aryl methyl sites for hydroxylation is 1. The molecular weight excluding hydrogens is 324 g/mol. The molecule has 1 aliphatic rings. The van der Waals surface area contributed by atoms with Crippen molar-refractivity contribution in [3.05, 3.63) is 57.4 Å². The monoisotopic (exact) mass is 335 g/mol. The Labute approximate surface area is 134 Å². The molecule has 1 aromatic carbocycles. The summed E-state index contributed by atoms with van der Waals surface area (Å²) in [6.07, 6.45) is 1.60. The third-order valence-electron chi connectivity index (χ3n) is 2.99. The molecule has 0 bridgehead atoms. The molecule has 0 radical (unpaired) electrons. The number of carbonyl (C=O) groups excluding carboxylic acids is 1. The highest BCUT2D eigenvalue weighted by molar-refractivity contribution is 7.12. The van der Waals surface area contributed by atoms with Gasteiger partial charge < -0.3 is 9.47 Å². The van der Waals surface area contributed by atoms with Crippen molar-refractivity contribution in [3.63, 3.8) is 0 Å². The number of esters is 1. The molecule has 0 atom stereocenters. The Bertz CT molecular complexity index is 811. The van der Waals surface area contributed by atoms with E-state index in [9.17, 15) is 13.6 Å². The minimum absolute atomic E-state index is 0.0502. The first-order chi connectivity index (χ1) is 11.0. The summed E-state index contributed by atoms with van der Waals surface area (Å²) in [4.78, 5) is 18.0. The molecule has 23 heavy (non-hydrogen) atoms. The standard InChI is InChI=1S/C16H11F2NO3S/c1-9-6-7-10(23-9)8-12-15(20)22-14(19-12)11-4-2-3-5-13(11)21-16(17)18/h2-8,16H,1H3/b12-8-. The number of aliphatic imine (C=N–C) groups is 1. The number of benzene rings is 1. The molecule has 118 valence electrons. The highest BCUT2D eigenvalue weighted by atomic mass is 32.1. The van der Waals surface area contributed by atoms with Gasteiger partial charge in [0.15, 0.2) is 5.70 Å². The van der Waals surface area contributed by atoms with E-state index in [1.807, 2.05) is 19.1 Å². The SMILES string of the molecule is Cc1ccc(/C=C2\N=C(c3ccccc3OC(F)F)OC2=O)s1. The second-order valence-electron chi connectivity index (χ2n) is 4.66. The maximum Gasteiger partial charge on any atom is 0.387 e. The van der Waals surface area contributed by atoms with Crippen LogP contribution in [0.15, 0.2) is 47.1 Å². The van der Waals surface area contributed by atoms with E-state index in [1.54, 1.807) is 18.2 Å². The van der Waals surface area contributed by atoms with Crippen LogP contribution in [0.3, 0.4) is 0 Å². The van der Waals surface area contributed by atoms with E-state index < -0.39 is 12.6 Å². The van der Waals surface area contributed by atoms with Gasteiger partial charge in [0, 0.05) is 9.75 Å². The lowest BCUT2D eigenvalue weighted by Crippen LogP contribution is -2.10. The van der Waals surface area contributed by atoms with Gasteiger partial charge in [0.25, 0.3) is 0 Å². The topological polar surface area (TPSA) is 47.9 Å². The van der Waals surface area contributed by atoms with Crippen molar-refractivity contribution in [2.75, 3.05) is 0 Å². The number of hydrogen-bond donors (Lipinski definition) is 0. The van der Waals surface area contributed by atoms with E-state index in [2.05, 4.69) is 9.73 Å². The van der Waals surface area contributed by atoms with Gasteiger partial charge in [-0.05, 0) is 37.3 Å². The molecule has 0 N–H and O–H groups in total. The summed E-state index contributed by atoms with van der Waals surface area (Å²) in [7, 11) is 0. The molecule has 0 unspecified atom stereocenters. The average molecular weight is 335 g/mol. The van der Waals surface area contributed by atoms with Gasteiger partial charge in [-0.25, -0.2) is 9.79 Å². The zero-order valence-corrected chi connectivity index (χ0v) is 12.8. The maximum absolute atomic E-state index is 12.5. The zero-order chi connectivity index (χ0) is 16.4. The lowest BCUT2D eigenvalue weighted by atomic mass is 10.2. The van der Waals surface area contributed by atoms with Crippen LogP contribution in [0.25, 0.3) is 6.08 Å². The normalized spacial score (nSPS) is 15.9. The van der Waals surface area contributed by atoms with Gasteiger partial charge in [0.1, 0.15) is 5.75 Å². The summed E-state index contributed by atoms with van der Waals surface area (Å²) in [6.45, 7) is -1.02. The number of nitrogens with zero attached hydrogens (tertiary/aromatic N) is 1. The van der Waals surface area contributed by atoms with Crippen molar-refractivity contribution >= 4 is 29.3 Å². The smallest absolute Gasteiger partial charge is 0.387 e. The van der Waals surface area contributed by atoms with Gasteiger partial charge in [0.05, 0.1) is 5.56 Å². The Hall–Kier alpha value is -2.54. The van der Waals surface area contributed by atoms with Crippen molar-refractivity contribution in [2.24, 2.45) is 4.99 Å². The molecule has 0 saturated carbocycles. The van der Waals surface area contributed by atoms with E-state index in [0.717, 1.165) is 9.75 Å². The molecule has 1 aromatic heterocycles. The summed E-state index contributed by atoms with van der Waals surface area (Å²) < 4.78 is 34.4.